The van der Waals surface area contributed by atoms with Gasteiger partial charge >= 0.3 is 5.69 Å². The standard InChI is InChI=1S/C16H21N5O4/c1-11-9-19(15(23)13-5-4-8-25-13)6-7-20(11)14(22)10-21-16(24)18(3)12(2)17-21/h4-5,8,11H,6-7,9-10H2,1-3H3. The van der Waals surface area contributed by atoms with E-state index in [2.05, 4.69) is 5.10 Å². The van der Waals surface area contributed by atoms with Crippen LogP contribution in [0.1, 0.15) is 23.3 Å². The molecule has 25 heavy (non-hydrogen) atoms. The monoisotopic (exact) mass is 347 g/mol. The molecule has 2 aromatic heterocycles. The first-order valence-corrected chi connectivity index (χ1v) is 8.11. The first kappa shape index (κ1) is 17.0. The predicted octanol–water partition coefficient (Wildman–Crippen LogP) is -0.144. The van der Waals surface area contributed by atoms with Gasteiger partial charge in [0, 0.05) is 32.7 Å². The number of furan rings is 1. The number of piperazine rings is 1. The number of amides is 2. The molecule has 1 fully saturated rings. The van der Waals surface area contributed by atoms with Gasteiger partial charge in [0.15, 0.2) is 5.76 Å². The highest BCUT2D eigenvalue weighted by Gasteiger charge is 2.31. The van der Waals surface area contributed by atoms with Gasteiger partial charge in [0.1, 0.15) is 12.4 Å². The number of hydrogen-bond donors (Lipinski definition) is 0. The predicted molar refractivity (Wildman–Crippen MR) is 88.0 cm³/mol. The SMILES string of the molecule is Cc1nn(CC(=O)N2CCN(C(=O)c3ccco3)CC2C)c(=O)n1C. The molecular formula is C16H21N5O4. The summed E-state index contributed by atoms with van der Waals surface area (Å²) < 4.78 is 7.71. The van der Waals surface area contributed by atoms with Gasteiger partial charge in [-0.3, -0.25) is 14.2 Å². The molecule has 1 aliphatic heterocycles. The van der Waals surface area contributed by atoms with Crippen molar-refractivity contribution in [2.75, 3.05) is 19.6 Å². The van der Waals surface area contributed by atoms with Crippen LogP contribution in [0.2, 0.25) is 0 Å². The molecule has 0 aliphatic carbocycles. The minimum absolute atomic E-state index is 0.100. The van der Waals surface area contributed by atoms with Crippen molar-refractivity contribution >= 4 is 11.8 Å². The summed E-state index contributed by atoms with van der Waals surface area (Å²) in [4.78, 5) is 40.2. The Morgan fingerprint density at radius 2 is 2.12 bits per heavy atom. The van der Waals surface area contributed by atoms with Gasteiger partial charge in [0.2, 0.25) is 5.91 Å². The number of carbonyl (C=O) groups excluding carboxylic acids is 2. The number of aryl methyl sites for hydroxylation is 1. The molecular weight excluding hydrogens is 326 g/mol. The molecule has 0 radical (unpaired) electrons. The summed E-state index contributed by atoms with van der Waals surface area (Å²) in [6, 6.07) is 3.14. The largest absolute Gasteiger partial charge is 0.459 e. The molecule has 1 unspecified atom stereocenters. The molecule has 0 bridgehead atoms. The van der Waals surface area contributed by atoms with Crippen LogP contribution in [0.25, 0.3) is 0 Å². The lowest BCUT2D eigenvalue weighted by Gasteiger charge is -2.39. The van der Waals surface area contributed by atoms with Gasteiger partial charge in [-0.15, -0.1) is 0 Å². The molecule has 2 aromatic rings. The molecule has 1 saturated heterocycles. The molecule has 0 spiro atoms. The average Bonchev–Trinajstić information content (AvgIpc) is 3.20. The van der Waals surface area contributed by atoms with Crippen LogP contribution >= 0.6 is 0 Å². The minimum Gasteiger partial charge on any atom is -0.459 e. The van der Waals surface area contributed by atoms with Crippen molar-refractivity contribution in [3.63, 3.8) is 0 Å². The summed E-state index contributed by atoms with van der Waals surface area (Å²) >= 11 is 0. The highest BCUT2D eigenvalue weighted by molar-refractivity contribution is 5.91. The van der Waals surface area contributed by atoms with Crippen molar-refractivity contribution in [1.29, 1.82) is 0 Å². The van der Waals surface area contributed by atoms with E-state index < -0.39 is 0 Å². The lowest BCUT2D eigenvalue weighted by Crippen LogP contribution is -2.56. The van der Waals surface area contributed by atoms with Crippen LogP contribution in [0.4, 0.5) is 0 Å². The van der Waals surface area contributed by atoms with Crippen molar-refractivity contribution in [2.24, 2.45) is 7.05 Å². The van der Waals surface area contributed by atoms with Gasteiger partial charge < -0.3 is 14.2 Å². The number of hydrogen-bond acceptors (Lipinski definition) is 5. The third-order valence-electron chi connectivity index (χ3n) is 4.51. The lowest BCUT2D eigenvalue weighted by molar-refractivity contribution is -0.136. The Balaban J connectivity index is 1.65. The van der Waals surface area contributed by atoms with Gasteiger partial charge in [-0.2, -0.15) is 5.10 Å². The minimum atomic E-state index is -0.315. The van der Waals surface area contributed by atoms with E-state index in [1.54, 1.807) is 35.9 Å². The van der Waals surface area contributed by atoms with Gasteiger partial charge in [0.05, 0.1) is 6.26 Å². The maximum Gasteiger partial charge on any atom is 0.346 e. The second kappa shape index (κ2) is 6.58. The Hall–Kier alpha value is -2.84. The molecule has 9 nitrogen and oxygen atoms in total. The van der Waals surface area contributed by atoms with E-state index in [1.807, 2.05) is 6.92 Å². The average molecular weight is 347 g/mol. The lowest BCUT2D eigenvalue weighted by atomic mass is 10.1. The van der Waals surface area contributed by atoms with Crippen molar-refractivity contribution in [2.45, 2.75) is 26.4 Å². The molecule has 1 aliphatic rings. The van der Waals surface area contributed by atoms with E-state index in [0.29, 0.717) is 31.2 Å². The second-order valence-electron chi connectivity index (χ2n) is 6.21. The zero-order valence-corrected chi connectivity index (χ0v) is 14.5. The van der Waals surface area contributed by atoms with E-state index in [1.165, 1.54) is 15.5 Å². The van der Waals surface area contributed by atoms with Gasteiger partial charge in [-0.05, 0) is 26.0 Å². The molecule has 0 saturated carbocycles. The van der Waals surface area contributed by atoms with Gasteiger partial charge in [-0.25, -0.2) is 9.48 Å². The Morgan fingerprint density at radius 3 is 2.68 bits per heavy atom. The van der Waals surface area contributed by atoms with Crippen LogP contribution < -0.4 is 5.69 Å². The third kappa shape index (κ3) is 3.21. The Morgan fingerprint density at radius 1 is 1.36 bits per heavy atom. The van der Waals surface area contributed by atoms with E-state index in [9.17, 15) is 14.4 Å². The second-order valence-corrected chi connectivity index (χ2v) is 6.21. The molecule has 2 amide bonds. The summed E-state index contributed by atoms with van der Waals surface area (Å²) in [5.74, 6) is 0.487. The molecule has 0 N–H and O–H groups in total. The van der Waals surface area contributed by atoms with E-state index >= 15 is 0 Å². The van der Waals surface area contributed by atoms with Gasteiger partial charge in [-0.1, -0.05) is 0 Å². The Labute approximate surface area is 144 Å². The first-order chi connectivity index (χ1) is 11.9. The maximum absolute atomic E-state index is 12.6. The first-order valence-electron chi connectivity index (χ1n) is 8.11. The van der Waals surface area contributed by atoms with Crippen LogP contribution in [-0.2, 0) is 18.4 Å². The van der Waals surface area contributed by atoms with Crippen molar-refractivity contribution in [3.8, 4) is 0 Å². The van der Waals surface area contributed by atoms with Crippen LogP contribution in [0.5, 0.6) is 0 Å². The summed E-state index contributed by atoms with van der Waals surface area (Å²) in [6.45, 7) is 4.74. The molecule has 3 rings (SSSR count). The quantitative estimate of drug-likeness (QED) is 0.770. The fraction of sp³-hybridized carbons (Fsp3) is 0.500. The van der Waals surface area contributed by atoms with Gasteiger partial charge in [0.25, 0.3) is 5.91 Å². The summed E-state index contributed by atoms with van der Waals surface area (Å²) in [6.07, 6.45) is 1.46. The van der Waals surface area contributed by atoms with E-state index in [0.717, 1.165) is 0 Å². The number of aromatic nitrogens is 3. The fourth-order valence-corrected chi connectivity index (χ4v) is 2.99. The molecule has 9 heteroatoms. The molecule has 134 valence electrons. The third-order valence-corrected chi connectivity index (χ3v) is 4.51. The molecule has 1 atom stereocenters. The van der Waals surface area contributed by atoms with Crippen LogP contribution in [0, 0.1) is 6.92 Å². The molecule has 0 aromatic carbocycles. The van der Waals surface area contributed by atoms with Crippen molar-refractivity contribution in [3.05, 3.63) is 40.5 Å². The van der Waals surface area contributed by atoms with E-state index in [4.69, 9.17) is 4.42 Å². The topological polar surface area (TPSA) is 93.6 Å². The van der Waals surface area contributed by atoms with Crippen LogP contribution in [-0.4, -0.2) is 61.6 Å². The number of nitrogens with zero attached hydrogens (tertiary/aromatic N) is 5. The Bertz CT molecular complexity index is 835. The fourth-order valence-electron chi connectivity index (χ4n) is 2.99. The highest BCUT2D eigenvalue weighted by Crippen LogP contribution is 2.14. The highest BCUT2D eigenvalue weighted by atomic mass is 16.3. The maximum atomic E-state index is 12.6. The number of rotatable bonds is 3. The van der Waals surface area contributed by atoms with Crippen LogP contribution in [0.15, 0.2) is 27.6 Å². The zero-order chi connectivity index (χ0) is 18.1. The Kier molecular flexibility index (Phi) is 4.47. The number of carbonyl (C=O) groups is 2. The summed E-state index contributed by atoms with van der Waals surface area (Å²) in [7, 11) is 1.62. The van der Waals surface area contributed by atoms with Crippen LogP contribution in [0.3, 0.4) is 0 Å². The molecule has 3 heterocycles. The van der Waals surface area contributed by atoms with Crippen molar-refractivity contribution in [1.82, 2.24) is 24.1 Å². The smallest absolute Gasteiger partial charge is 0.346 e. The summed E-state index contributed by atoms with van der Waals surface area (Å²) in [5, 5.41) is 4.09. The normalized spacial score (nSPS) is 17.8. The van der Waals surface area contributed by atoms with E-state index in [-0.39, 0.29) is 30.1 Å². The van der Waals surface area contributed by atoms with Crippen molar-refractivity contribution < 1.29 is 14.0 Å². The zero-order valence-electron chi connectivity index (χ0n) is 14.5. The summed E-state index contributed by atoms with van der Waals surface area (Å²) in [5.41, 5.74) is -0.315.